The number of unbranched alkanes of at least 4 members (excludes halogenated alkanes) is 19. The second kappa shape index (κ2) is 25.1. The minimum absolute atomic E-state index is 0.341. The van der Waals surface area contributed by atoms with Gasteiger partial charge in [0.05, 0.1) is 0 Å². The third kappa shape index (κ3) is 26.8. The quantitative estimate of drug-likeness (QED) is 0.103. The first-order chi connectivity index (χ1) is 14.2. The van der Waals surface area contributed by atoms with Gasteiger partial charge >= 0.3 is 0 Å². The van der Waals surface area contributed by atoms with Crippen molar-refractivity contribution in [1.82, 2.24) is 0 Å². The minimum Gasteiger partial charge on any atom is -0.113 e. The molecule has 0 saturated heterocycles. The molecule has 0 bridgehead atoms. The molecular weight excluding hydrogens is 386 g/mol. The van der Waals surface area contributed by atoms with E-state index in [1.807, 2.05) is 0 Å². The SMILES string of the molecule is CCCCCCCCCCCCCCCCCCCCCCP(C)CCP(C)C. The van der Waals surface area contributed by atoms with Crippen LogP contribution in [0.25, 0.3) is 0 Å². The molecule has 0 rings (SSSR count). The molecule has 0 fully saturated rings. The molecule has 0 nitrogen and oxygen atoms in total. The highest BCUT2D eigenvalue weighted by molar-refractivity contribution is 7.60. The second-order valence-corrected chi connectivity index (χ2v) is 15.0. The van der Waals surface area contributed by atoms with E-state index in [0.717, 1.165) is 0 Å². The zero-order valence-corrected chi connectivity index (χ0v) is 22.9. The maximum Gasteiger partial charge on any atom is -0.0289 e. The Morgan fingerprint density at radius 2 is 0.655 bits per heavy atom. The zero-order valence-electron chi connectivity index (χ0n) is 21.2. The van der Waals surface area contributed by atoms with Crippen LogP contribution in [-0.4, -0.2) is 38.5 Å². The van der Waals surface area contributed by atoms with Crippen LogP contribution in [0.2, 0.25) is 0 Å². The van der Waals surface area contributed by atoms with Crippen molar-refractivity contribution in [3.63, 3.8) is 0 Å². The fourth-order valence-corrected chi connectivity index (χ4v) is 8.07. The van der Waals surface area contributed by atoms with Crippen LogP contribution >= 0.6 is 15.8 Å². The van der Waals surface area contributed by atoms with Crippen molar-refractivity contribution < 1.29 is 0 Å². The first-order valence-electron chi connectivity index (χ1n) is 13.5. The molecule has 0 radical (unpaired) electrons. The Morgan fingerprint density at radius 1 is 0.345 bits per heavy atom. The number of hydrogen-bond donors (Lipinski definition) is 0. The second-order valence-electron chi connectivity index (χ2n) is 9.82. The van der Waals surface area contributed by atoms with Crippen molar-refractivity contribution in [1.29, 1.82) is 0 Å². The molecule has 0 aromatic carbocycles. The first-order valence-corrected chi connectivity index (χ1v) is 18.1. The van der Waals surface area contributed by atoms with E-state index in [4.69, 9.17) is 0 Å². The van der Waals surface area contributed by atoms with E-state index in [2.05, 4.69) is 26.9 Å². The van der Waals surface area contributed by atoms with Crippen molar-refractivity contribution in [2.45, 2.75) is 135 Å². The summed E-state index contributed by atoms with van der Waals surface area (Å²) in [5, 5.41) is 0. The summed E-state index contributed by atoms with van der Waals surface area (Å²) >= 11 is 0. The van der Waals surface area contributed by atoms with Gasteiger partial charge in [0, 0.05) is 0 Å². The van der Waals surface area contributed by atoms with Crippen LogP contribution in [0.1, 0.15) is 135 Å². The van der Waals surface area contributed by atoms with Crippen molar-refractivity contribution in [2.75, 3.05) is 38.5 Å². The standard InChI is InChI=1S/C27H58P2/c1-5-6-7-8-9-10-11-12-13-14-15-16-17-18-19-20-21-22-23-24-25-29(4)27-26-28(2)3/h5-27H2,1-4H3. The van der Waals surface area contributed by atoms with E-state index >= 15 is 0 Å². The monoisotopic (exact) mass is 444 g/mol. The van der Waals surface area contributed by atoms with Gasteiger partial charge in [-0.25, -0.2) is 0 Å². The van der Waals surface area contributed by atoms with Gasteiger partial charge in [0.25, 0.3) is 0 Å². The van der Waals surface area contributed by atoms with Gasteiger partial charge in [0.1, 0.15) is 0 Å². The van der Waals surface area contributed by atoms with Gasteiger partial charge in [-0.15, -0.1) is 15.8 Å². The summed E-state index contributed by atoms with van der Waals surface area (Å²) in [7, 11) is 0.699. The Bertz CT molecular complexity index is 290. The molecule has 0 aliphatic carbocycles. The van der Waals surface area contributed by atoms with Crippen molar-refractivity contribution in [3.8, 4) is 0 Å². The van der Waals surface area contributed by atoms with E-state index in [1.165, 1.54) is 147 Å². The third-order valence-electron chi connectivity index (χ3n) is 6.32. The Hall–Kier alpha value is 0.860. The molecule has 0 aromatic heterocycles. The Labute approximate surface area is 189 Å². The zero-order chi connectivity index (χ0) is 21.4. The molecule has 0 N–H and O–H groups in total. The molecule has 29 heavy (non-hydrogen) atoms. The lowest BCUT2D eigenvalue weighted by Crippen LogP contribution is -1.93. The maximum atomic E-state index is 2.53. The van der Waals surface area contributed by atoms with Gasteiger partial charge in [-0.05, 0) is 44.9 Å². The van der Waals surface area contributed by atoms with Crippen LogP contribution in [0.4, 0.5) is 0 Å². The molecule has 2 heteroatoms. The summed E-state index contributed by atoms with van der Waals surface area (Å²) in [5.41, 5.74) is 0. The van der Waals surface area contributed by atoms with Gasteiger partial charge < -0.3 is 0 Å². The van der Waals surface area contributed by atoms with Gasteiger partial charge in [0.15, 0.2) is 0 Å². The maximum absolute atomic E-state index is 2.53. The molecule has 0 spiro atoms. The molecule has 0 amide bonds. The molecular formula is C27H58P2. The highest BCUT2D eigenvalue weighted by atomic mass is 31.1. The molecule has 0 aromatic rings. The molecule has 1 unspecified atom stereocenters. The average Bonchev–Trinajstić information content (AvgIpc) is 2.70. The van der Waals surface area contributed by atoms with Crippen LogP contribution in [0.15, 0.2) is 0 Å². The molecule has 0 aliphatic rings. The molecule has 176 valence electrons. The fourth-order valence-electron chi connectivity index (χ4n) is 4.12. The smallest absolute Gasteiger partial charge is 0.0289 e. The van der Waals surface area contributed by atoms with Crippen LogP contribution in [0.3, 0.4) is 0 Å². The van der Waals surface area contributed by atoms with Crippen molar-refractivity contribution in [2.24, 2.45) is 0 Å². The Kier molecular flexibility index (Phi) is 25.9. The van der Waals surface area contributed by atoms with Crippen molar-refractivity contribution in [3.05, 3.63) is 0 Å². The van der Waals surface area contributed by atoms with E-state index in [0.29, 0.717) is 15.8 Å². The Balaban J connectivity index is 3.06. The molecule has 0 heterocycles. The van der Waals surface area contributed by atoms with Crippen LogP contribution in [-0.2, 0) is 0 Å². The third-order valence-corrected chi connectivity index (χ3v) is 9.86. The summed E-state index contributed by atoms with van der Waals surface area (Å²) in [5.74, 6) is 0. The van der Waals surface area contributed by atoms with E-state index in [9.17, 15) is 0 Å². The van der Waals surface area contributed by atoms with E-state index < -0.39 is 0 Å². The van der Waals surface area contributed by atoms with E-state index in [-0.39, 0.29) is 0 Å². The molecule has 1 atom stereocenters. The summed E-state index contributed by atoms with van der Waals surface area (Å²) < 4.78 is 0. The highest BCUT2D eigenvalue weighted by Gasteiger charge is 2.02. The summed E-state index contributed by atoms with van der Waals surface area (Å²) in [6.07, 6.45) is 34.3. The lowest BCUT2D eigenvalue weighted by atomic mass is 10.0. The normalized spacial score (nSPS) is 12.7. The summed E-state index contributed by atoms with van der Waals surface area (Å²) in [4.78, 5) is 0. The van der Waals surface area contributed by atoms with Crippen LogP contribution in [0.5, 0.6) is 0 Å². The predicted octanol–water partition coefficient (Wildman–Crippen LogP) is 10.7. The molecule has 0 aliphatic heterocycles. The number of rotatable bonds is 24. The largest absolute Gasteiger partial charge is 0.113 e. The Morgan fingerprint density at radius 3 is 0.966 bits per heavy atom. The van der Waals surface area contributed by atoms with Crippen LogP contribution in [0, 0.1) is 0 Å². The predicted molar refractivity (Wildman–Crippen MR) is 144 cm³/mol. The van der Waals surface area contributed by atoms with Crippen LogP contribution < -0.4 is 0 Å². The first kappa shape index (κ1) is 29.9. The topological polar surface area (TPSA) is 0 Å². The summed E-state index contributed by atoms with van der Waals surface area (Å²) in [6, 6.07) is 0. The lowest BCUT2D eigenvalue weighted by Gasteiger charge is -2.13. The van der Waals surface area contributed by atoms with Gasteiger partial charge in [-0.2, -0.15) is 0 Å². The van der Waals surface area contributed by atoms with E-state index in [1.54, 1.807) is 0 Å². The fraction of sp³-hybridized carbons (Fsp3) is 1.00. The highest BCUT2D eigenvalue weighted by Crippen LogP contribution is 2.36. The van der Waals surface area contributed by atoms with Gasteiger partial charge in [-0.1, -0.05) is 129 Å². The summed E-state index contributed by atoms with van der Waals surface area (Å²) in [6.45, 7) is 9.69. The average molecular weight is 445 g/mol. The van der Waals surface area contributed by atoms with Gasteiger partial charge in [-0.3, -0.25) is 0 Å². The lowest BCUT2D eigenvalue weighted by molar-refractivity contribution is 0.523. The van der Waals surface area contributed by atoms with Gasteiger partial charge in [0.2, 0.25) is 0 Å². The number of hydrogen-bond acceptors (Lipinski definition) is 0. The minimum atomic E-state index is 0.341. The molecule has 0 saturated carbocycles. The van der Waals surface area contributed by atoms with Crippen molar-refractivity contribution >= 4 is 15.8 Å².